The summed E-state index contributed by atoms with van der Waals surface area (Å²) in [6.07, 6.45) is 79.4. The van der Waals surface area contributed by atoms with Crippen LogP contribution in [-0.2, 0) is 28.6 Å². The zero-order valence-electron chi connectivity index (χ0n) is 45.2. The standard InChI is InChI=1S/C64H104O6/c1-4-7-10-13-16-19-22-25-28-30-31-32-34-36-39-42-45-48-51-54-57-63(66)69-60-61(59-68-62(65)56-53-50-47-44-41-38-35-27-24-21-18-15-12-9-6-3)70-64(67)58-55-52-49-46-43-40-37-33-29-26-23-20-17-14-11-8-5-2/h8-9,11-12,17-18,20-21,26-27,29,35,37,40-41,44,46,49-50,53,61H,4-7,10,13-16,19,22-25,28,30-34,36,38-39,42-43,45,47-48,51-52,54-60H2,1-3H3/b11-8-,12-9-,20-17-,21-18-,29-26-,35-27-,40-37-,44-41-,49-46-,53-50-. The fourth-order valence-corrected chi connectivity index (χ4v) is 7.55. The van der Waals surface area contributed by atoms with Crippen LogP contribution in [0.15, 0.2) is 122 Å². The predicted octanol–water partition coefficient (Wildman–Crippen LogP) is 19.3. The third kappa shape index (κ3) is 54.7. The molecule has 0 radical (unpaired) electrons. The molecule has 396 valence electrons. The molecule has 0 saturated carbocycles. The highest BCUT2D eigenvalue weighted by Crippen LogP contribution is 2.16. The fraction of sp³-hybridized carbons (Fsp3) is 0.641. The minimum absolute atomic E-state index is 0.112. The molecular weight excluding hydrogens is 865 g/mol. The van der Waals surface area contributed by atoms with Gasteiger partial charge in [-0.3, -0.25) is 14.4 Å². The van der Waals surface area contributed by atoms with Crippen molar-refractivity contribution in [2.75, 3.05) is 13.2 Å². The maximum Gasteiger partial charge on any atom is 0.309 e. The lowest BCUT2D eigenvalue weighted by Crippen LogP contribution is -2.30. The number of allylic oxidation sites excluding steroid dienone is 19. The van der Waals surface area contributed by atoms with Crippen molar-refractivity contribution in [3.63, 3.8) is 0 Å². The van der Waals surface area contributed by atoms with Crippen LogP contribution in [0.3, 0.4) is 0 Å². The van der Waals surface area contributed by atoms with Crippen molar-refractivity contribution in [2.24, 2.45) is 0 Å². The summed E-state index contributed by atoms with van der Waals surface area (Å²) in [6.45, 7) is 6.28. The van der Waals surface area contributed by atoms with Gasteiger partial charge in [-0.15, -0.1) is 0 Å². The van der Waals surface area contributed by atoms with E-state index in [4.69, 9.17) is 14.2 Å². The van der Waals surface area contributed by atoms with Crippen molar-refractivity contribution in [2.45, 2.75) is 252 Å². The monoisotopic (exact) mass is 969 g/mol. The molecule has 70 heavy (non-hydrogen) atoms. The summed E-state index contributed by atoms with van der Waals surface area (Å²) in [5.41, 5.74) is 0. The SMILES string of the molecule is CC/C=C\C/C=C\C/C=C\C/C=C\C/C=C\CCCC(=O)OC(COC(=O)C/C=C\C/C=C\C/C=C\C/C=C\C/C=C\CC)COC(=O)CCCCCCCCCCCCCCCCCCCCCC. The third-order valence-electron chi connectivity index (χ3n) is 11.7. The summed E-state index contributed by atoms with van der Waals surface area (Å²) in [4.78, 5) is 38.1. The van der Waals surface area contributed by atoms with Crippen LogP contribution < -0.4 is 0 Å². The Labute approximate surface area is 431 Å². The minimum Gasteiger partial charge on any atom is -0.462 e. The van der Waals surface area contributed by atoms with Crippen LogP contribution in [0.25, 0.3) is 0 Å². The Kier molecular flexibility index (Phi) is 54.0. The number of esters is 3. The first-order valence-electron chi connectivity index (χ1n) is 28.5. The molecule has 0 aromatic rings. The van der Waals surface area contributed by atoms with E-state index in [-0.39, 0.29) is 32.0 Å². The van der Waals surface area contributed by atoms with Crippen molar-refractivity contribution in [3.8, 4) is 0 Å². The summed E-state index contributed by atoms with van der Waals surface area (Å²) in [7, 11) is 0. The number of carbonyl (C=O) groups excluding carboxylic acids is 3. The zero-order chi connectivity index (χ0) is 50.7. The normalized spacial score (nSPS) is 13.0. The Morgan fingerprint density at radius 3 is 0.986 bits per heavy atom. The average molecular weight is 970 g/mol. The largest absolute Gasteiger partial charge is 0.462 e. The van der Waals surface area contributed by atoms with Gasteiger partial charge in [-0.25, -0.2) is 0 Å². The van der Waals surface area contributed by atoms with Crippen LogP contribution in [0.1, 0.15) is 245 Å². The second kappa shape index (κ2) is 57.4. The van der Waals surface area contributed by atoms with Crippen LogP contribution in [-0.4, -0.2) is 37.2 Å². The summed E-state index contributed by atoms with van der Waals surface area (Å²) in [5, 5.41) is 0. The van der Waals surface area contributed by atoms with E-state index in [1.807, 2.05) is 6.08 Å². The molecule has 1 atom stereocenters. The van der Waals surface area contributed by atoms with Crippen LogP contribution in [0.2, 0.25) is 0 Å². The van der Waals surface area contributed by atoms with E-state index in [2.05, 4.69) is 130 Å². The van der Waals surface area contributed by atoms with Gasteiger partial charge in [0.1, 0.15) is 13.2 Å². The van der Waals surface area contributed by atoms with Crippen molar-refractivity contribution in [1.82, 2.24) is 0 Å². The number of carbonyl (C=O) groups is 3. The van der Waals surface area contributed by atoms with Gasteiger partial charge in [0, 0.05) is 12.8 Å². The quantitative estimate of drug-likeness (QED) is 0.0262. The van der Waals surface area contributed by atoms with E-state index < -0.39 is 18.0 Å². The molecule has 0 saturated heterocycles. The Hall–Kier alpha value is -4.19. The first-order chi connectivity index (χ1) is 34.5. The summed E-state index contributed by atoms with van der Waals surface area (Å²) in [6, 6.07) is 0. The molecule has 0 aliphatic rings. The van der Waals surface area contributed by atoms with Gasteiger partial charge < -0.3 is 14.2 Å². The molecular formula is C64H104O6. The first kappa shape index (κ1) is 65.8. The van der Waals surface area contributed by atoms with Crippen LogP contribution >= 0.6 is 0 Å². The molecule has 0 fully saturated rings. The van der Waals surface area contributed by atoms with Gasteiger partial charge in [-0.2, -0.15) is 0 Å². The molecule has 0 spiro atoms. The maximum atomic E-state index is 12.8. The smallest absolute Gasteiger partial charge is 0.309 e. The molecule has 0 aromatic heterocycles. The first-order valence-corrected chi connectivity index (χ1v) is 28.5. The van der Waals surface area contributed by atoms with Gasteiger partial charge in [0.15, 0.2) is 6.10 Å². The van der Waals surface area contributed by atoms with Gasteiger partial charge in [-0.1, -0.05) is 264 Å². The highest BCUT2D eigenvalue weighted by Gasteiger charge is 2.19. The highest BCUT2D eigenvalue weighted by atomic mass is 16.6. The Morgan fingerprint density at radius 2 is 0.614 bits per heavy atom. The Balaban J connectivity index is 4.53. The van der Waals surface area contributed by atoms with Gasteiger partial charge in [0.25, 0.3) is 0 Å². The van der Waals surface area contributed by atoms with Crippen molar-refractivity contribution < 1.29 is 28.6 Å². The maximum absolute atomic E-state index is 12.8. The van der Waals surface area contributed by atoms with Crippen LogP contribution in [0, 0.1) is 0 Å². The van der Waals surface area contributed by atoms with Gasteiger partial charge >= 0.3 is 17.9 Å². The lowest BCUT2D eigenvalue weighted by molar-refractivity contribution is -0.166. The molecule has 0 aliphatic heterocycles. The van der Waals surface area contributed by atoms with E-state index in [0.717, 1.165) is 89.9 Å². The number of rotatable bonds is 50. The number of hydrogen-bond acceptors (Lipinski definition) is 6. The predicted molar refractivity (Wildman–Crippen MR) is 302 cm³/mol. The number of unbranched alkanes of at least 4 members (excludes halogenated alkanes) is 20. The molecule has 0 heterocycles. The van der Waals surface area contributed by atoms with Gasteiger partial charge in [0.2, 0.25) is 0 Å². The van der Waals surface area contributed by atoms with E-state index in [1.54, 1.807) is 6.08 Å². The molecule has 0 aromatic carbocycles. The molecule has 6 nitrogen and oxygen atoms in total. The van der Waals surface area contributed by atoms with Crippen molar-refractivity contribution in [3.05, 3.63) is 122 Å². The lowest BCUT2D eigenvalue weighted by Gasteiger charge is -2.18. The minimum atomic E-state index is -0.850. The fourth-order valence-electron chi connectivity index (χ4n) is 7.55. The summed E-state index contributed by atoms with van der Waals surface area (Å²) < 4.78 is 16.7. The van der Waals surface area contributed by atoms with Gasteiger partial charge in [0.05, 0.1) is 6.42 Å². The molecule has 6 heteroatoms. The zero-order valence-corrected chi connectivity index (χ0v) is 45.2. The molecule has 0 rings (SSSR count). The molecule has 0 aliphatic carbocycles. The summed E-state index contributed by atoms with van der Waals surface area (Å²) >= 11 is 0. The average Bonchev–Trinajstić information content (AvgIpc) is 3.36. The van der Waals surface area contributed by atoms with Gasteiger partial charge in [-0.05, 0) is 83.5 Å². The molecule has 0 amide bonds. The van der Waals surface area contributed by atoms with Crippen molar-refractivity contribution in [1.29, 1.82) is 0 Å². The summed E-state index contributed by atoms with van der Waals surface area (Å²) in [5.74, 6) is -1.13. The number of hydrogen-bond donors (Lipinski definition) is 0. The van der Waals surface area contributed by atoms with E-state index >= 15 is 0 Å². The second-order valence-corrected chi connectivity index (χ2v) is 18.5. The topological polar surface area (TPSA) is 78.9 Å². The van der Waals surface area contributed by atoms with E-state index in [9.17, 15) is 14.4 Å². The third-order valence-corrected chi connectivity index (χ3v) is 11.7. The Morgan fingerprint density at radius 1 is 0.314 bits per heavy atom. The van der Waals surface area contributed by atoms with Crippen LogP contribution in [0.5, 0.6) is 0 Å². The molecule has 0 N–H and O–H groups in total. The highest BCUT2D eigenvalue weighted by molar-refractivity contribution is 5.72. The lowest BCUT2D eigenvalue weighted by atomic mass is 10.0. The Bertz CT molecular complexity index is 1490. The van der Waals surface area contributed by atoms with E-state index in [1.165, 1.54) is 109 Å². The number of ether oxygens (including phenoxy) is 3. The molecule has 1 unspecified atom stereocenters. The van der Waals surface area contributed by atoms with Crippen LogP contribution in [0.4, 0.5) is 0 Å². The van der Waals surface area contributed by atoms with E-state index in [0.29, 0.717) is 12.8 Å². The second-order valence-electron chi connectivity index (χ2n) is 18.5. The van der Waals surface area contributed by atoms with Crippen molar-refractivity contribution >= 4 is 17.9 Å². The molecule has 0 bridgehead atoms.